The van der Waals surface area contributed by atoms with Crippen molar-refractivity contribution in [1.82, 2.24) is 20.2 Å². The molecule has 5 heterocycles. The molecule has 14 heteroatoms. The number of nitriles is 1. The minimum atomic E-state index is -5.08. The fourth-order valence-electron chi connectivity index (χ4n) is 5.70. The van der Waals surface area contributed by atoms with Crippen LogP contribution in [0, 0.1) is 35.5 Å². The minimum absolute atomic E-state index is 0.0324. The van der Waals surface area contributed by atoms with Gasteiger partial charge in [-0.1, -0.05) is 13.8 Å². The topological polar surface area (TPSA) is 146 Å². The molecule has 2 aliphatic heterocycles. The number of hydrogen-bond donors (Lipinski definition) is 2. The van der Waals surface area contributed by atoms with Crippen molar-refractivity contribution in [2.45, 2.75) is 52.4 Å². The molecule has 10 nitrogen and oxygen atoms in total. The number of pyridine rings is 2. The number of ether oxygens (including phenoxy) is 1. The largest absolute Gasteiger partial charge is 0.490 e. The van der Waals surface area contributed by atoms with Crippen molar-refractivity contribution in [3.05, 3.63) is 40.5 Å². The van der Waals surface area contributed by atoms with Crippen LogP contribution in [0.1, 0.15) is 42.8 Å². The first kappa shape index (κ1) is 30.4. The molecule has 2 N–H and O–H groups in total. The second kappa shape index (κ2) is 11.2. The Kier molecular flexibility index (Phi) is 7.91. The molecule has 3 aromatic rings. The fourth-order valence-corrected chi connectivity index (χ4v) is 6.82. The van der Waals surface area contributed by atoms with Crippen LogP contribution in [0.4, 0.5) is 13.2 Å². The van der Waals surface area contributed by atoms with E-state index in [1.807, 2.05) is 32.9 Å². The smallest absolute Gasteiger partial charge is 0.487 e. The van der Waals surface area contributed by atoms with E-state index in [0.29, 0.717) is 17.1 Å². The summed E-state index contributed by atoms with van der Waals surface area (Å²) < 4.78 is 39.1. The van der Waals surface area contributed by atoms with Gasteiger partial charge < -0.3 is 15.2 Å². The summed E-state index contributed by atoms with van der Waals surface area (Å²) in [5.74, 6) is -2.61. The lowest BCUT2D eigenvalue weighted by Gasteiger charge is -2.26. The second-order valence-corrected chi connectivity index (χ2v) is 12.5. The number of nitrogens with one attached hydrogen (secondary N) is 1. The van der Waals surface area contributed by atoms with Crippen molar-refractivity contribution in [3.63, 3.8) is 0 Å². The third-order valence-electron chi connectivity index (χ3n) is 7.98. The van der Waals surface area contributed by atoms with E-state index in [9.17, 15) is 28.0 Å². The molecular formula is C29H28F3N5O5S. The lowest BCUT2D eigenvalue weighted by molar-refractivity contribution is -0.192. The predicted molar refractivity (Wildman–Crippen MR) is 149 cm³/mol. The summed E-state index contributed by atoms with van der Waals surface area (Å²) in [6.07, 6.45) is -1.33. The van der Waals surface area contributed by atoms with Crippen LogP contribution in [0.25, 0.3) is 21.5 Å². The summed E-state index contributed by atoms with van der Waals surface area (Å²) in [5, 5.41) is 20.1. The molecule has 3 aromatic heterocycles. The highest BCUT2D eigenvalue weighted by Crippen LogP contribution is 2.63. The van der Waals surface area contributed by atoms with Crippen molar-refractivity contribution >= 4 is 39.3 Å². The van der Waals surface area contributed by atoms with E-state index in [0.717, 1.165) is 52.2 Å². The molecule has 3 atom stereocenters. The zero-order chi connectivity index (χ0) is 31.3. The average molecular weight is 616 g/mol. The molecule has 43 heavy (non-hydrogen) atoms. The maximum atomic E-state index is 12.9. The number of rotatable bonds is 5. The number of halogens is 3. The van der Waals surface area contributed by atoms with Crippen LogP contribution in [0.15, 0.2) is 24.4 Å². The number of aliphatic carboxylic acids is 1. The number of aryl methyl sites for hydroxylation is 1. The van der Waals surface area contributed by atoms with Crippen LogP contribution in [-0.2, 0) is 20.9 Å². The standard InChI is InChI=1S/C27H27N5O3S.C2HF3O2/c1-14-9-15(11-28)31-22(23(14)35-16-5-4-7-29-12-16)18-6-8-30-19-10-17(36-24(18)19)13-32-25(33)20-21(26(32)34)27(20,2)3;3-2(4,5)1(6)7/h6,8-10,16,20-21,29H,4-5,7,12-13H2,1-3H3;(H,6,7). The van der Waals surface area contributed by atoms with E-state index in [1.165, 1.54) is 16.2 Å². The molecule has 2 amide bonds. The minimum Gasteiger partial charge on any atom is -0.487 e. The van der Waals surface area contributed by atoms with Gasteiger partial charge in [0.1, 0.15) is 29.3 Å². The molecular weight excluding hydrogens is 587 g/mol. The van der Waals surface area contributed by atoms with E-state index in [1.54, 1.807) is 12.3 Å². The number of carbonyl (C=O) groups excluding carboxylic acids is 2. The molecule has 1 aliphatic carbocycles. The Hall–Kier alpha value is -4.09. The number of imide groups is 1. The Morgan fingerprint density at radius 1 is 1.28 bits per heavy atom. The molecule has 0 aromatic carbocycles. The first-order valence-corrected chi connectivity index (χ1v) is 14.4. The maximum absolute atomic E-state index is 12.9. The van der Waals surface area contributed by atoms with Crippen LogP contribution in [0.2, 0.25) is 0 Å². The van der Waals surface area contributed by atoms with Gasteiger partial charge in [0.25, 0.3) is 0 Å². The number of nitrogens with zero attached hydrogens (tertiary/aromatic N) is 4. The molecule has 3 unspecified atom stereocenters. The quantitative estimate of drug-likeness (QED) is 0.398. The SMILES string of the molecule is Cc1cc(C#N)nc(-c2ccnc3cc(CN4C(=O)C5C(C4=O)C5(C)C)sc23)c1OC1CCCNC1.O=C(O)C(F)(F)F. The van der Waals surface area contributed by atoms with Crippen molar-refractivity contribution in [2.24, 2.45) is 17.3 Å². The molecule has 0 spiro atoms. The number of likely N-dealkylation sites (tertiary alicyclic amines) is 1. The number of hydrogen-bond acceptors (Lipinski definition) is 9. The van der Waals surface area contributed by atoms with Crippen molar-refractivity contribution in [3.8, 4) is 23.1 Å². The Morgan fingerprint density at radius 3 is 2.53 bits per heavy atom. The summed E-state index contributed by atoms with van der Waals surface area (Å²) in [7, 11) is 0. The number of aromatic nitrogens is 2. The van der Waals surface area contributed by atoms with Gasteiger partial charge in [-0.2, -0.15) is 18.4 Å². The number of thiophene rings is 1. The average Bonchev–Trinajstić information content (AvgIpc) is 3.19. The first-order chi connectivity index (χ1) is 20.2. The summed E-state index contributed by atoms with van der Waals surface area (Å²) in [6.45, 7) is 7.92. The van der Waals surface area contributed by atoms with Gasteiger partial charge in [-0.05, 0) is 55.5 Å². The lowest BCUT2D eigenvalue weighted by atomic mass is 10.1. The fraction of sp³-hybridized carbons (Fsp3) is 0.448. The number of fused-ring (bicyclic) bond motifs is 2. The number of piperidine rings is 2. The van der Waals surface area contributed by atoms with Crippen molar-refractivity contribution in [1.29, 1.82) is 5.26 Å². The van der Waals surface area contributed by atoms with E-state index in [2.05, 4.69) is 21.4 Å². The van der Waals surface area contributed by atoms with Crippen molar-refractivity contribution in [2.75, 3.05) is 13.1 Å². The van der Waals surface area contributed by atoms with Gasteiger partial charge in [0.05, 0.1) is 28.6 Å². The molecule has 226 valence electrons. The maximum Gasteiger partial charge on any atom is 0.490 e. The Balaban J connectivity index is 0.000000472. The highest BCUT2D eigenvalue weighted by atomic mass is 32.1. The van der Waals surface area contributed by atoms with E-state index in [-0.39, 0.29) is 41.7 Å². The lowest BCUT2D eigenvalue weighted by Crippen LogP contribution is -2.37. The Bertz CT molecular complexity index is 1630. The molecule has 0 radical (unpaired) electrons. The van der Waals surface area contributed by atoms with Gasteiger partial charge in [0.2, 0.25) is 11.8 Å². The van der Waals surface area contributed by atoms with Crippen molar-refractivity contribution < 1.29 is 37.4 Å². The number of alkyl halides is 3. The number of amides is 2. The Labute approximate surface area is 248 Å². The third-order valence-corrected chi connectivity index (χ3v) is 9.12. The van der Waals surface area contributed by atoms with Crippen LogP contribution >= 0.6 is 11.3 Å². The highest BCUT2D eigenvalue weighted by molar-refractivity contribution is 7.19. The number of carbonyl (C=O) groups is 3. The molecule has 0 bridgehead atoms. The van der Waals surface area contributed by atoms with E-state index >= 15 is 0 Å². The molecule has 1 saturated carbocycles. The van der Waals surface area contributed by atoms with E-state index in [4.69, 9.17) is 14.6 Å². The summed E-state index contributed by atoms with van der Waals surface area (Å²) in [5.41, 5.74) is 3.18. The van der Waals surface area contributed by atoms with Gasteiger partial charge >= 0.3 is 12.1 Å². The van der Waals surface area contributed by atoms with Gasteiger partial charge in [-0.25, -0.2) is 9.78 Å². The van der Waals surface area contributed by atoms with Gasteiger partial charge in [0, 0.05) is 23.2 Å². The molecule has 3 aliphatic rings. The first-order valence-electron chi connectivity index (χ1n) is 13.6. The van der Waals surface area contributed by atoms with Crippen LogP contribution in [0.5, 0.6) is 5.75 Å². The zero-order valence-corrected chi connectivity index (χ0v) is 24.3. The van der Waals surface area contributed by atoms with Crippen LogP contribution in [0.3, 0.4) is 0 Å². The summed E-state index contributed by atoms with van der Waals surface area (Å²) >= 11 is 1.50. The van der Waals surface area contributed by atoms with Gasteiger partial charge in [-0.15, -0.1) is 11.3 Å². The predicted octanol–water partition coefficient (Wildman–Crippen LogP) is 4.44. The highest BCUT2D eigenvalue weighted by Gasteiger charge is 2.72. The summed E-state index contributed by atoms with van der Waals surface area (Å²) in [6, 6.07) is 7.74. The second-order valence-electron chi connectivity index (χ2n) is 11.3. The number of carboxylic acids is 1. The van der Waals surface area contributed by atoms with Crippen LogP contribution < -0.4 is 10.1 Å². The number of carboxylic acid groups (broad SMARTS) is 1. The normalized spacial score (nSPS) is 22.4. The molecule has 6 rings (SSSR count). The summed E-state index contributed by atoms with van der Waals surface area (Å²) in [4.78, 5) is 46.1. The monoisotopic (exact) mass is 615 g/mol. The molecule has 2 saturated heterocycles. The molecule has 3 fully saturated rings. The third kappa shape index (κ3) is 5.79. The Morgan fingerprint density at radius 2 is 1.95 bits per heavy atom. The van der Waals surface area contributed by atoms with E-state index < -0.39 is 12.1 Å². The van der Waals surface area contributed by atoms with Gasteiger partial charge in [0.15, 0.2) is 0 Å². The zero-order valence-electron chi connectivity index (χ0n) is 23.5. The van der Waals surface area contributed by atoms with Crippen LogP contribution in [-0.4, -0.2) is 63.1 Å². The van der Waals surface area contributed by atoms with Gasteiger partial charge in [-0.3, -0.25) is 19.5 Å².